The number of methoxy groups -OCH3 is 1. The Balaban J connectivity index is 1.66. The van der Waals surface area contributed by atoms with Crippen LogP contribution in [0.3, 0.4) is 0 Å². The summed E-state index contributed by atoms with van der Waals surface area (Å²) in [5.74, 6) is 0.532. The van der Waals surface area contributed by atoms with Gasteiger partial charge in [0.1, 0.15) is 12.6 Å². The van der Waals surface area contributed by atoms with Gasteiger partial charge in [0, 0.05) is 10.6 Å². The minimum Gasteiger partial charge on any atom is -0.493 e. The van der Waals surface area contributed by atoms with Gasteiger partial charge in [0.2, 0.25) is 0 Å². The summed E-state index contributed by atoms with van der Waals surface area (Å²) in [6, 6.07) is 21.7. The molecule has 0 bridgehead atoms. The second kappa shape index (κ2) is 11.9. The van der Waals surface area contributed by atoms with Gasteiger partial charge in [-0.25, -0.2) is 9.79 Å². The van der Waals surface area contributed by atoms with E-state index >= 15 is 0 Å². The van der Waals surface area contributed by atoms with Crippen molar-refractivity contribution in [1.29, 1.82) is 0 Å². The third-order valence-corrected chi connectivity index (χ3v) is 7.79. The number of aromatic nitrogens is 1. The summed E-state index contributed by atoms with van der Waals surface area (Å²) in [6.07, 6.45) is 1.76. The van der Waals surface area contributed by atoms with Crippen molar-refractivity contribution in [2.75, 3.05) is 13.7 Å². The molecule has 0 fully saturated rings. The zero-order valence-corrected chi connectivity index (χ0v) is 23.8. The fourth-order valence-corrected chi connectivity index (χ4v) is 5.89. The minimum atomic E-state index is -0.787. The first-order valence-electron chi connectivity index (χ1n) is 12.7. The summed E-state index contributed by atoms with van der Waals surface area (Å²) in [4.78, 5) is 32.2. The lowest BCUT2D eigenvalue weighted by Crippen LogP contribution is -2.40. The molecule has 5 rings (SSSR count). The van der Waals surface area contributed by atoms with E-state index in [4.69, 9.17) is 25.8 Å². The molecule has 0 saturated heterocycles. The predicted octanol–water partition coefficient (Wildman–Crippen LogP) is 5.04. The molecule has 0 N–H and O–H groups in total. The molecule has 40 heavy (non-hydrogen) atoms. The smallest absolute Gasteiger partial charge is 0.338 e. The van der Waals surface area contributed by atoms with Gasteiger partial charge in [0.05, 0.1) is 29.5 Å². The number of para-hydroxylation sites is 1. The van der Waals surface area contributed by atoms with E-state index in [0.717, 1.165) is 5.56 Å². The van der Waals surface area contributed by atoms with E-state index in [1.165, 1.54) is 15.9 Å². The SMILES string of the molecule is CCOC(=O)C1=C(C)N=c2s/c(=C\c3cccc(OC)c3OCc3ccccc3)c(=O)n2[C@@H]1c1ccccc1Cl. The molecule has 0 saturated carbocycles. The van der Waals surface area contributed by atoms with Crippen LogP contribution in [0.1, 0.15) is 36.6 Å². The maximum Gasteiger partial charge on any atom is 0.338 e. The lowest BCUT2D eigenvalue weighted by molar-refractivity contribution is -0.139. The standard InChI is InChI=1S/C31H27ClN2O5S/c1-4-38-30(36)26-19(2)33-31-34(27(26)22-14-8-9-15-23(22)32)29(35)25(40-31)17-21-13-10-16-24(37-3)28(21)39-18-20-11-6-5-7-12-20/h5-17,27H,4,18H2,1-3H3/b25-17-/t27-/m1/s1. The second-order valence-corrected chi connectivity index (χ2v) is 10.4. The van der Waals surface area contributed by atoms with Gasteiger partial charge < -0.3 is 14.2 Å². The molecule has 1 aliphatic rings. The molecule has 7 nitrogen and oxygen atoms in total. The molecule has 0 radical (unpaired) electrons. The van der Waals surface area contributed by atoms with Crippen molar-refractivity contribution in [1.82, 2.24) is 4.57 Å². The summed E-state index contributed by atoms with van der Waals surface area (Å²) < 4.78 is 19.1. The van der Waals surface area contributed by atoms with Gasteiger partial charge in [-0.05, 0) is 43.2 Å². The van der Waals surface area contributed by atoms with Crippen LogP contribution in [0.4, 0.5) is 0 Å². The number of benzene rings is 3. The van der Waals surface area contributed by atoms with Gasteiger partial charge >= 0.3 is 5.97 Å². The summed E-state index contributed by atoms with van der Waals surface area (Å²) >= 11 is 7.82. The molecular weight excluding hydrogens is 548 g/mol. The summed E-state index contributed by atoms with van der Waals surface area (Å²) in [5, 5.41) is 0.433. The quantitative estimate of drug-likeness (QED) is 0.276. The van der Waals surface area contributed by atoms with Gasteiger partial charge in [-0.15, -0.1) is 0 Å². The molecule has 0 amide bonds. The highest BCUT2D eigenvalue weighted by molar-refractivity contribution is 7.07. The number of esters is 1. The van der Waals surface area contributed by atoms with Crippen LogP contribution in [-0.2, 0) is 16.1 Å². The van der Waals surface area contributed by atoms with E-state index < -0.39 is 12.0 Å². The number of hydrogen-bond acceptors (Lipinski definition) is 7. The maximum atomic E-state index is 14.0. The number of ether oxygens (including phenoxy) is 3. The molecule has 2 heterocycles. The minimum absolute atomic E-state index is 0.191. The van der Waals surface area contributed by atoms with E-state index in [9.17, 15) is 9.59 Å². The number of halogens is 1. The van der Waals surface area contributed by atoms with Crippen molar-refractivity contribution >= 4 is 35.0 Å². The number of rotatable bonds is 8. The van der Waals surface area contributed by atoms with Crippen LogP contribution in [0.2, 0.25) is 5.02 Å². The average molecular weight is 575 g/mol. The average Bonchev–Trinajstić information content (AvgIpc) is 3.26. The van der Waals surface area contributed by atoms with E-state index in [-0.39, 0.29) is 17.7 Å². The third-order valence-electron chi connectivity index (χ3n) is 6.46. The summed E-state index contributed by atoms with van der Waals surface area (Å²) in [6.45, 7) is 4.00. The van der Waals surface area contributed by atoms with Crippen LogP contribution < -0.4 is 24.4 Å². The van der Waals surface area contributed by atoms with Gasteiger partial charge in [-0.2, -0.15) is 0 Å². The van der Waals surface area contributed by atoms with Gasteiger partial charge in [0.25, 0.3) is 5.56 Å². The van der Waals surface area contributed by atoms with Gasteiger partial charge in [-0.3, -0.25) is 9.36 Å². The number of carbonyl (C=O) groups excluding carboxylic acids is 1. The Hall–Kier alpha value is -4.14. The van der Waals surface area contributed by atoms with E-state index in [2.05, 4.69) is 4.99 Å². The third kappa shape index (κ3) is 5.33. The fraction of sp³-hybridized carbons (Fsp3) is 0.194. The molecule has 204 valence electrons. The highest BCUT2D eigenvalue weighted by Gasteiger charge is 2.34. The molecule has 4 aromatic rings. The van der Waals surface area contributed by atoms with E-state index in [1.807, 2.05) is 54.6 Å². The number of thiazole rings is 1. The zero-order chi connectivity index (χ0) is 28.2. The number of fused-ring (bicyclic) bond motifs is 1. The molecule has 0 unspecified atom stereocenters. The Morgan fingerprint density at radius 3 is 2.55 bits per heavy atom. The van der Waals surface area contributed by atoms with Crippen molar-refractivity contribution in [3.05, 3.63) is 125 Å². The van der Waals surface area contributed by atoms with Crippen molar-refractivity contribution in [2.24, 2.45) is 4.99 Å². The Kier molecular flexibility index (Phi) is 8.19. The molecular formula is C31H27ClN2O5S. The van der Waals surface area contributed by atoms with Gasteiger partial charge in [0.15, 0.2) is 16.3 Å². The molecule has 3 aromatic carbocycles. The van der Waals surface area contributed by atoms with Crippen molar-refractivity contribution in [2.45, 2.75) is 26.5 Å². The number of allylic oxidation sites excluding steroid dienone is 1. The fourth-order valence-electron chi connectivity index (χ4n) is 4.62. The molecule has 0 aliphatic carbocycles. The van der Waals surface area contributed by atoms with Crippen LogP contribution in [0, 0.1) is 0 Å². The molecule has 0 spiro atoms. The Bertz CT molecular complexity index is 1780. The van der Waals surface area contributed by atoms with Crippen LogP contribution in [0.15, 0.2) is 93.9 Å². The van der Waals surface area contributed by atoms with E-state index in [0.29, 0.717) is 49.3 Å². The zero-order valence-electron chi connectivity index (χ0n) is 22.2. The van der Waals surface area contributed by atoms with Gasteiger partial charge in [-0.1, -0.05) is 83.6 Å². The number of hydrogen-bond donors (Lipinski definition) is 0. The Morgan fingerprint density at radius 1 is 1.07 bits per heavy atom. The number of carbonyl (C=O) groups is 1. The topological polar surface area (TPSA) is 79.1 Å². The predicted molar refractivity (Wildman–Crippen MR) is 156 cm³/mol. The molecule has 1 aliphatic heterocycles. The lowest BCUT2D eigenvalue weighted by atomic mass is 9.96. The molecule has 1 atom stereocenters. The number of nitrogens with zero attached hydrogens (tertiary/aromatic N) is 2. The highest BCUT2D eigenvalue weighted by Crippen LogP contribution is 2.35. The first-order valence-corrected chi connectivity index (χ1v) is 13.9. The molecule has 9 heteroatoms. The van der Waals surface area contributed by atoms with Crippen LogP contribution in [-0.4, -0.2) is 24.3 Å². The Labute approximate surface area is 240 Å². The highest BCUT2D eigenvalue weighted by atomic mass is 35.5. The van der Waals surface area contributed by atoms with Crippen LogP contribution in [0.25, 0.3) is 6.08 Å². The van der Waals surface area contributed by atoms with Crippen LogP contribution in [0.5, 0.6) is 11.5 Å². The first kappa shape index (κ1) is 27.4. The van der Waals surface area contributed by atoms with E-state index in [1.54, 1.807) is 45.2 Å². The van der Waals surface area contributed by atoms with Crippen LogP contribution >= 0.6 is 22.9 Å². The largest absolute Gasteiger partial charge is 0.493 e. The normalized spacial score (nSPS) is 14.9. The molecule has 1 aromatic heterocycles. The summed E-state index contributed by atoms with van der Waals surface area (Å²) in [5.41, 5.74) is 2.74. The second-order valence-electron chi connectivity index (χ2n) is 8.98. The lowest BCUT2D eigenvalue weighted by Gasteiger charge is -2.25. The van der Waals surface area contributed by atoms with Crippen molar-refractivity contribution in [3.8, 4) is 11.5 Å². The maximum absolute atomic E-state index is 14.0. The monoisotopic (exact) mass is 574 g/mol. The summed E-state index contributed by atoms with van der Waals surface area (Å²) in [7, 11) is 1.58. The first-order chi connectivity index (χ1) is 19.4. The van der Waals surface area contributed by atoms with Crippen molar-refractivity contribution in [3.63, 3.8) is 0 Å². The van der Waals surface area contributed by atoms with Crippen molar-refractivity contribution < 1.29 is 19.0 Å². The Morgan fingerprint density at radius 2 is 1.82 bits per heavy atom.